The number of likely N-dealkylation sites (N-methyl/N-ethyl adjacent to an activating group) is 1. The van der Waals surface area contributed by atoms with Crippen molar-refractivity contribution in [3.05, 3.63) is 48.6 Å². The van der Waals surface area contributed by atoms with Crippen LogP contribution in [0.1, 0.15) is 335 Å². The Hall–Kier alpha value is -1.54. The summed E-state index contributed by atoms with van der Waals surface area (Å²) in [5.41, 5.74) is 0. The number of amides is 1. The molecule has 0 bridgehead atoms. The normalized spacial score (nSPS) is 14.0. The van der Waals surface area contributed by atoms with Crippen LogP contribution in [0.5, 0.6) is 0 Å². The fraction of sp³-hybridized carbons (Fsp3) is 0.870. The molecule has 0 radical (unpaired) electrons. The molecular formula is C69H133N2O6P. The first kappa shape index (κ1) is 76.5. The molecule has 0 aliphatic carbocycles. The summed E-state index contributed by atoms with van der Waals surface area (Å²) >= 11 is 0. The second-order valence-corrected chi connectivity index (χ2v) is 25.9. The largest absolute Gasteiger partial charge is 0.756 e. The van der Waals surface area contributed by atoms with Crippen molar-refractivity contribution >= 4 is 13.7 Å². The third kappa shape index (κ3) is 62.1. The second kappa shape index (κ2) is 60.1. The van der Waals surface area contributed by atoms with Gasteiger partial charge in [-0.1, -0.05) is 326 Å². The number of quaternary nitrogens is 1. The number of rotatable bonds is 63. The Kier molecular flexibility index (Phi) is 58.9. The van der Waals surface area contributed by atoms with Crippen LogP contribution in [0, 0.1) is 0 Å². The highest BCUT2D eigenvalue weighted by Gasteiger charge is 2.24. The minimum Gasteiger partial charge on any atom is -0.756 e. The Labute approximate surface area is 486 Å². The van der Waals surface area contributed by atoms with Gasteiger partial charge in [-0.3, -0.25) is 9.36 Å². The average Bonchev–Trinajstić information content (AvgIpc) is 3.41. The van der Waals surface area contributed by atoms with E-state index in [9.17, 15) is 19.4 Å². The summed E-state index contributed by atoms with van der Waals surface area (Å²) in [6.07, 6.45) is 80.4. The van der Waals surface area contributed by atoms with Crippen molar-refractivity contribution in [2.24, 2.45) is 0 Å². The number of aliphatic hydroxyl groups excluding tert-OH is 1. The fourth-order valence-electron chi connectivity index (χ4n) is 10.3. The molecule has 0 aromatic rings. The Morgan fingerprint density at radius 1 is 0.462 bits per heavy atom. The zero-order valence-electron chi connectivity index (χ0n) is 52.6. The first-order valence-electron chi connectivity index (χ1n) is 34.0. The van der Waals surface area contributed by atoms with Gasteiger partial charge >= 0.3 is 0 Å². The van der Waals surface area contributed by atoms with Gasteiger partial charge in [0.15, 0.2) is 0 Å². The number of nitrogens with one attached hydrogen (secondary N) is 1. The molecule has 0 aliphatic rings. The summed E-state index contributed by atoms with van der Waals surface area (Å²) in [6.45, 7) is 4.65. The third-order valence-electron chi connectivity index (χ3n) is 15.6. The van der Waals surface area contributed by atoms with Gasteiger partial charge in [0.2, 0.25) is 5.91 Å². The van der Waals surface area contributed by atoms with Crippen LogP contribution in [0.25, 0.3) is 0 Å². The van der Waals surface area contributed by atoms with E-state index in [1.165, 1.54) is 244 Å². The molecule has 0 spiro atoms. The first-order chi connectivity index (χ1) is 38.0. The number of allylic oxidation sites excluding steroid dienone is 8. The van der Waals surface area contributed by atoms with Gasteiger partial charge in [-0.05, 0) is 51.4 Å². The molecule has 0 rings (SSSR count). The minimum atomic E-state index is -4.58. The first-order valence-corrected chi connectivity index (χ1v) is 35.4. The summed E-state index contributed by atoms with van der Waals surface area (Å²) in [6, 6.07) is -0.805. The van der Waals surface area contributed by atoms with Crippen LogP contribution in [-0.2, 0) is 18.4 Å². The molecule has 0 aliphatic heterocycles. The molecule has 0 fully saturated rings. The van der Waals surface area contributed by atoms with Crippen molar-refractivity contribution in [2.45, 2.75) is 347 Å². The summed E-state index contributed by atoms with van der Waals surface area (Å²) in [5, 5.41) is 14.1. The molecule has 0 heterocycles. The Morgan fingerprint density at radius 3 is 1.14 bits per heavy atom. The van der Waals surface area contributed by atoms with Gasteiger partial charge in [0, 0.05) is 6.42 Å². The van der Waals surface area contributed by atoms with Gasteiger partial charge in [0.1, 0.15) is 13.2 Å². The molecule has 3 atom stereocenters. The van der Waals surface area contributed by atoms with Gasteiger partial charge in [0.25, 0.3) is 7.82 Å². The maximum absolute atomic E-state index is 13.0. The van der Waals surface area contributed by atoms with Crippen molar-refractivity contribution in [1.82, 2.24) is 5.32 Å². The number of phosphoric ester groups is 1. The number of aliphatic hydroxyl groups is 1. The number of carbonyl (C=O) groups is 1. The monoisotopic (exact) mass is 1120 g/mol. The molecule has 3 unspecified atom stereocenters. The standard InChI is InChI=1S/C69H133N2O6P/c1-6-8-10-12-14-16-18-20-22-24-26-28-30-32-33-34-35-36-37-39-40-42-44-46-48-50-52-54-56-58-60-62-68(72)67(66-77-78(74,75)76-65-64-71(3,4)5)70-69(73)63-61-59-57-55-53-51-49-47-45-43-41-38-31-29-27-25-23-21-19-17-15-13-11-9-7-2/h9,11,15,17,21,23,27,29,67-68,72H,6-8,10,12-14,16,18-20,22,24-26,28,30-66H2,1-5H3,(H-,70,73,74,75)/b11-9-,17-15-,23-21-,29-27-. The summed E-state index contributed by atoms with van der Waals surface area (Å²) < 4.78 is 23.5. The topological polar surface area (TPSA) is 108 Å². The van der Waals surface area contributed by atoms with E-state index in [0.29, 0.717) is 23.9 Å². The highest BCUT2D eigenvalue weighted by Crippen LogP contribution is 2.38. The van der Waals surface area contributed by atoms with E-state index in [0.717, 1.165) is 64.2 Å². The lowest BCUT2D eigenvalue weighted by Crippen LogP contribution is -2.46. The van der Waals surface area contributed by atoms with E-state index in [4.69, 9.17) is 9.05 Å². The predicted molar refractivity (Wildman–Crippen MR) is 339 cm³/mol. The predicted octanol–water partition coefficient (Wildman–Crippen LogP) is 20.8. The summed E-state index contributed by atoms with van der Waals surface area (Å²) in [5.74, 6) is -0.163. The molecule has 8 nitrogen and oxygen atoms in total. The molecule has 78 heavy (non-hydrogen) atoms. The van der Waals surface area contributed by atoms with Gasteiger partial charge in [-0.2, -0.15) is 0 Å². The minimum absolute atomic E-state index is 0.0117. The van der Waals surface area contributed by atoms with Crippen LogP contribution in [0.4, 0.5) is 0 Å². The van der Waals surface area contributed by atoms with Gasteiger partial charge < -0.3 is 28.8 Å². The van der Waals surface area contributed by atoms with E-state index in [1.54, 1.807) is 0 Å². The number of carbonyl (C=O) groups excluding carboxylic acids is 1. The zero-order valence-corrected chi connectivity index (χ0v) is 53.5. The Morgan fingerprint density at radius 2 is 0.782 bits per heavy atom. The van der Waals surface area contributed by atoms with Crippen LogP contribution in [0.2, 0.25) is 0 Å². The average molecular weight is 1120 g/mol. The number of unbranched alkanes of at least 4 members (excludes halogenated alkanes) is 42. The van der Waals surface area contributed by atoms with Crippen LogP contribution < -0.4 is 10.2 Å². The molecule has 0 saturated heterocycles. The molecule has 9 heteroatoms. The number of hydrogen-bond acceptors (Lipinski definition) is 6. The van der Waals surface area contributed by atoms with Crippen LogP contribution in [0.3, 0.4) is 0 Å². The van der Waals surface area contributed by atoms with Crippen LogP contribution >= 0.6 is 7.82 Å². The zero-order chi connectivity index (χ0) is 57.0. The molecule has 0 aromatic carbocycles. The lowest BCUT2D eigenvalue weighted by molar-refractivity contribution is -0.870. The van der Waals surface area contributed by atoms with E-state index in [-0.39, 0.29) is 19.1 Å². The van der Waals surface area contributed by atoms with E-state index in [2.05, 4.69) is 67.8 Å². The van der Waals surface area contributed by atoms with Gasteiger partial charge in [0.05, 0.1) is 39.9 Å². The van der Waals surface area contributed by atoms with Crippen LogP contribution in [0.15, 0.2) is 48.6 Å². The molecule has 0 aromatic heterocycles. The number of hydrogen-bond donors (Lipinski definition) is 2. The Balaban J connectivity index is 4.03. The summed E-state index contributed by atoms with van der Waals surface area (Å²) in [7, 11) is 1.31. The van der Waals surface area contributed by atoms with E-state index < -0.39 is 20.0 Å². The molecule has 0 saturated carbocycles. The van der Waals surface area contributed by atoms with Crippen molar-refractivity contribution in [1.29, 1.82) is 0 Å². The Bertz CT molecular complexity index is 1410. The maximum atomic E-state index is 13.0. The highest BCUT2D eigenvalue weighted by atomic mass is 31.2. The van der Waals surface area contributed by atoms with E-state index >= 15 is 0 Å². The fourth-order valence-corrected chi connectivity index (χ4v) is 11.1. The molecule has 1 amide bonds. The highest BCUT2D eigenvalue weighted by molar-refractivity contribution is 7.45. The third-order valence-corrected chi connectivity index (χ3v) is 16.5. The lowest BCUT2D eigenvalue weighted by atomic mass is 10.0. The van der Waals surface area contributed by atoms with Crippen molar-refractivity contribution in [2.75, 3.05) is 40.9 Å². The smallest absolute Gasteiger partial charge is 0.268 e. The molecule has 460 valence electrons. The van der Waals surface area contributed by atoms with Gasteiger partial charge in [-0.15, -0.1) is 0 Å². The van der Waals surface area contributed by atoms with Gasteiger partial charge in [-0.25, -0.2) is 0 Å². The number of nitrogens with zero attached hydrogens (tertiary/aromatic N) is 1. The SMILES string of the molecule is CC/C=C\C/C=C\C/C=C\C/C=C\CCCCCCCCCCCCCCC(=O)NC(COP(=O)([O-])OCC[N+](C)(C)C)C(O)CCCCCCCCCCCCCCCCCCCCCCCCCCCCCCCCC. The second-order valence-electron chi connectivity index (χ2n) is 24.5. The molecular weight excluding hydrogens is 984 g/mol. The van der Waals surface area contributed by atoms with Crippen molar-refractivity contribution < 1.29 is 32.9 Å². The lowest BCUT2D eigenvalue weighted by Gasteiger charge is -2.30. The quantitative estimate of drug-likeness (QED) is 0.0272. The number of phosphoric acid groups is 1. The molecule has 2 N–H and O–H groups in total. The van der Waals surface area contributed by atoms with Crippen LogP contribution in [-0.4, -0.2) is 68.5 Å². The van der Waals surface area contributed by atoms with E-state index in [1.807, 2.05) is 21.1 Å². The van der Waals surface area contributed by atoms with Crippen molar-refractivity contribution in [3.63, 3.8) is 0 Å². The summed E-state index contributed by atoms with van der Waals surface area (Å²) in [4.78, 5) is 25.6. The van der Waals surface area contributed by atoms with Crippen molar-refractivity contribution in [3.8, 4) is 0 Å². The maximum Gasteiger partial charge on any atom is 0.268 e.